The van der Waals surface area contributed by atoms with Gasteiger partial charge in [-0.3, -0.25) is 13.9 Å². The molecule has 0 amide bonds. The van der Waals surface area contributed by atoms with Crippen molar-refractivity contribution in [2.75, 3.05) is 0 Å². The molecule has 6 nitrogen and oxygen atoms in total. The zero-order chi connectivity index (χ0) is 16.6. The third kappa shape index (κ3) is 2.43. The molecule has 1 aliphatic heterocycles. The van der Waals surface area contributed by atoms with E-state index in [1.165, 1.54) is 4.57 Å². The molecule has 0 fully saturated rings. The molecule has 1 N–H and O–H groups in total. The summed E-state index contributed by atoms with van der Waals surface area (Å²) in [6.45, 7) is 4.64. The summed E-state index contributed by atoms with van der Waals surface area (Å²) in [5.41, 5.74) is 1.47. The highest BCUT2D eigenvalue weighted by Gasteiger charge is 2.17. The van der Waals surface area contributed by atoms with Gasteiger partial charge in [0.25, 0.3) is 5.56 Å². The molecule has 118 valence electrons. The van der Waals surface area contributed by atoms with E-state index < -0.39 is 0 Å². The van der Waals surface area contributed by atoms with Crippen molar-refractivity contribution in [2.24, 2.45) is 4.99 Å². The molecular formula is C16H16N4O2S. The Labute approximate surface area is 138 Å². The number of aliphatic imine (C=N–C) groups is 1. The number of aromatic nitrogens is 3. The van der Waals surface area contributed by atoms with Crippen LogP contribution in [-0.2, 0) is 13.1 Å². The second-order valence-corrected chi connectivity index (χ2v) is 5.41. The number of fused-ring (bicyclic) bond motifs is 1. The molecule has 0 radical (unpaired) electrons. The first kappa shape index (κ1) is 15.4. The molecule has 0 aliphatic carbocycles. The normalized spacial score (nSPS) is 14.4. The Bertz CT molecular complexity index is 954. The summed E-state index contributed by atoms with van der Waals surface area (Å²) >= 11 is 5.28. The Balaban J connectivity index is 2.27. The van der Waals surface area contributed by atoms with Gasteiger partial charge in [-0.2, -0.15) is 0 Å². The predicted octanol–water partition coefficient (Wildman–Crippen LogP) is 2.78. The number of allylic oxidation sites excluding steroid dienone is 1. The second kappa shape index (κ2) is 5.92. The van der Waals surface area contributed by atoms with E-state index in [-0.39, 0.29) is 17.0 Å². The summed E-state index contributed by atoms with van der Waals surface area (Å²) in [5.74, 6) is 0.489. The summed E-state index contributed by atoms with van der Waals surface area (Å²) in [4.78, 5) is 21.0. The van der Waals surface area contributed by atoms with Crippen molar-refractivity contribution in [3.63, 3.8) is 0 Å². The number of aromatic hydroxyl groups is 1. The Morgan fingerprint density at radius 3 is 2.74 bits per heavy atom. The van der Waals surface area contributed by atoms with Gasteiger partial charge < -0.3 is 5.11 Å². The van der Waals surface area contributed by atoms with E-state index in [2.05, 4.69) is 9.98 Å². The van der Waals surface area contributed by atoms with Gasteiger partial charge in [0.05, 0.1) is 0 Å². The van der Waals surface area contributed by atoms with Gasteiger partial charge in [-0.05, 0) is 44.3 Å². The monoisotopic (exact) mass is 328 g/mol. The van der Waals surface area contributed by atoms with Crippen molar-refractivity contribution in [3.8, 4) is 5.88 Å². The molecule has 0 saturated heterocycles. The minimum atomic E-state index is -0.307. The fourth-order valence-corrected chi connectivity index (χ4v) is 3.02. The van der Waals surface area contributed by atoms with Gasteiger partial charge in [-0.1, -0.05) is 0 Å². The number of nitrogens with zero attached hydrogens (tertiary/aromatic N) is 4. The van der Waals surface area contributed by atoms with Crippen LogP contribution in [0.1, 0.15) is 25.0 Å². The van der Waals surface area contributed by atoms with E-state index in [9.17, 15) is 9.90 Å². The highest BCUT2D eigenvalue weighted by Crippen LogP contribution is 2.31. The first-order valence-corrected chi connectivity index (χ1v) is 7.77. The van der Waals surface area contributed by atoms with E-state index in [1.54, 1.807) is 23.1 Å². The van der Waals surface area contributed by atoms with Crippen LogP contribution >= 0.6 is 12.2 Å². The summed E-state index contributed by atoms with van der Waals surface area (Å²) < 4.78 is 3.34. The lowest BCUT2D eigenvalue weighted by Gasteiger charge is -2.14. The largest absolute Gasteiger partial charge is 0.494 e. The quantitative estimate of drug-likeness (QED) is 0.879. The number of rotatable bonds is 3. The van der Waals surface area contributed by atoms with Crippen LogP contribution in [0.4, 0.5) is 5.82 Å². The number of hydrogen-bond acceptors (Lipinski definition) is 5. The van der Waals surface area contributed by atoms with E-state index in [0.717, 1.165) is 11.1 Å². The van der Waals surface area contributed by atoms with Crippen LogP contribution in [-0.4, -0.2) is 25.4 Å². The molecule has 7 heteroatoms. The minimum Gasteiger partial charge on any atom is -0.494 e. The topological polar surface area (TPSA) is 72.4 Å². The van der Waals surface area contributed by atoms with Crippen LogP contribution in [0.5, 0.6) is 5.88 Å². The molecule has 2 aromatic heterocycles. The van der Waals surface area contributed by atoms with Gasteiger partial charge in [-0.15, -0.1) is 0 Å². The molecule has 0 atom stereocenters. The molecule has 0 saturated carbocycles. The van der Waals surface area contributed by atoms with Crippen LogP contribution in [0.15, 0.2) is 28.1 Å². The lowest BCUT2D eigenvalue weighted by molar-refractivity contribution is 0.399. The van der Waals surface area contributed by atoms with Crippen molar-refractivity contribution in [3.05, 3.63) is 44.6 Å². The first-order valence-electron chi connectivity index (χ1n) is 7.36. The summed E-state index contributed by atoms with van der Waals surface area (Å²) in [6, 6.07) is 3.69. The van der Waals surface area contributed by atoms with Gasteiger partial charge in [0.2, 0.25) is 5.88 Å². The van der Waals surface area contributed by atoms with Crippen molar-refractivity contribution in [2.45, 2.75) is 26.9 Å². The van der Waals surface area contributed by atoms with E-state index in [0.29, 0.717) is 23.7 Å². The van der Waals surface area contributed by atoms with Gasteiger partial charge >= 0.3 is 0 Å². The third-order valence-corrected chi connectivity index (χ3v) is 4.23. The Morgan fingerprint density at radius 2 is 2.04 bits per heavy atom. The standard InChI is InChI=1S/C16H16N4O2S/c1-3-19-14(21)12(15(22)20(4-2)16(19)23)8-10-9-18-13-11(10)6-5-7-17-13/h5-9,21H,3-4H2,1-2H3/b10-8-. The Kier molecular flexibility index (Phi) is 3.96. The maximum absolute atomic E-state index is 12.6. The summed E-state index contributed by atoms with van der Waals surface area (Å²) in [6.07, 6.45) is 4.95. The van der Waals surface area contributed by atoms with Crippen LogP contribution in [0, 0.1) is 4.77 Å². The lowest BCUT2D eigenvalue weighted by Crippen LogP contribution is -2.26. The number of hydrogen-bond donors (Lipinski definition) is 1. The van der Waals surface area contributed by atoms with Crippen LogP contribution in [0.25, 0.3) is 11.6 Å². The Hall–Kier alpha value is -2.54. The SMILES string of the molecule is CCn1c(O)c(/C=C2/C=Nc3ncccc32)c(=O)n(CC)c1=S. The number of pyridine rings is 1. The van der Waals surface area contributed by atoms with Crippen LogP contribution in [0.3, 0.4) is 0 Å². The molecule has 0 bridgehead atoms. The van der Waals surface area contributed by atoms with E-state index >= 15 is 0 Å². The zero-order valence-electron chi connectivity index (χ0n) is 12.9. The average Bonchev–Trinajstić information content (AvgIpc) is 2.95. The van der Waals surface area contributed by atoms with Crippen molar-refractivity contribution >= 4 is 35.9 Å². The lowest BCUT2D eigenvalue weighted by atomic mass is 10.1. The predicted molar refractivity (Wildman–Crippen MR) is 92.8 cm³/mol. The van der Waals surface area contributed by atoms with Gasteiger partial charge in [-0.25, -0.2) is 9.98 Å². The maximum Gasteiger partial charge on any atom is 0.265 e. The second-order valence-electron chi connectivity index (χ2n) is 5.05. The molecule has 23 heavy (non-hydrogen) atoms. The molecule has 2 aromatic rings. The molecule has 3 heterocycles. The van der Waals surface area contributed by atoms with Crippen molar-refractivity contribution < 1.29 is 5.11 Å². The fraction of sp³-hybridized carbons (Fsp3) is 0.250. The third-order valence-electron chi connectivity index (χ3n) is 3.79. The molecule has 1 aliphatic rings. The molecular weight excluding hydrogens is 312 g/mol. The maximum atomic E-state index is 12.6. The summed E-state index contributed by atoms with van der Waals surface area (Å²) in [5, 5.41) is 10.5. The zero-order valence-corrected chi connectivity index (χ0v) is 13.7. The molecule has 0 aromatic carbocycles. The highest BCUT2D eigenvalue weighted by molar-refractivity contribution is 7.71. The van der Waals surface area contributed by atoms with Gasteiger partial charge in [0.15, 0.2) is 10.6 Å². The average molecular weight is 328 g/mol. The fourth-order valence-electron chi connectivity index (χ4n) is 2.60. The van der Waals surface area contributed by atoms with Crippen molar-refractivity contribution in [1.29, 1.82) is 0 Å². The van der Waals surface area contributed by atoms with Gasteiger partial charge in [0.1, 0.15) is 5.56 Å². The highest BCUT2D eigenvalue weighted by atomic mass is 32.1. The summed E-state index contributed by atoms with van der Waals surface area (Å²) in [7, 11) is 0. The van der Waals surface area contributed by atoms with Crippen molar-refractivity contribution in [1.82, 2.24) is 14.1 Å². The molecule has 0 unspecified atom stereocenters. The molecule has 0 spiro atoms. The Morgan fingerprint density at radius 1 is 1.30 bits per heavy atom. The first-order chi connectivity index (χ1) is 11.1. The smallest absolute Gasteiger partial charge is 0.265 e. The van der Waals surface area contributed by atoms with E-state index in [1.807, 2.05) is 26.0 Å². The minimum absolute atomic E-state index is 0.120. The van der Waals surface area contributed by atoms with Crippen LogP contribution in [0.2, 0.25) is 0 Å². The van der Waals surface area contributed by atoms with Gasteiger partial charge in [0, 0.05) is 36.6 Å². The van der Waals surface area contributed by atoms with Crippen LogP contribution < -0.4 is 5.56 Å². The molecule has 3 rings (SSSR count). The van der Waals surface area contributed by atoms with E-state index in [4.69, 9.17) is 12.2 Å².